The minimum atomic E-state index is 0.531. The van der Waals surface area contributed by atoms with Gasteiger partial charge in [0, 0.05) is 23.6 Å². The average Bonchev–Trinajstić information content (AvgIpc) is 2.53. The summed E-state index contributed by atoms with van der Waals surface area (Å²) in [5, 5.41) is 1.41. The van der Waals surface area contributed by atoms with Crippen molar-refractivity contribution in [3.63, 3.8) is 0 Å². The summed E-state index contributed by atoms with van der Waals surface area (Å²) >= 11 is 0. The molecule has 0 unspecified atom stereocenters. The molecule has 18 heavy (non-hydrogen) atoms. The van der Waals surface area contributed by atoms with E-state index in [1.165, 1.54) is 33.3 Å². The fraction of sp³-hybridized carbons (Fsp3) is 0.500. The van der Waals surface area contributed by atoms with Gasteiger partial charge < -0.3 is 10.3 Å². The number of hydrogen-bond donors (Lipinski definition) is 1. The van der Waals surface area contributed by atoms with Crippen molar-refractivity contribution in [2.24, 2.45) is 12.8 Å². The molecule has 1 aromatic carbocycles. The largest absolute Gasteiger partial charge is 0.347 e. The van der Waals surface area contributed by atoms with Gasteiger partial charge in [0.25, 0.3) is 0 Å². The molecule has 0 atom stereocenters. The van der Waals surface area contributed by atoms with Crippen LogP contribution in [-0.2, 0) is 13.5 Å². The highest BCUT2D eigenvalue weighted by Crippen LogP contribution is 2.33. The average molecular weight is 244 g/mol. The molecule has 2 nitrogen and oxygen atoms in total. The smallest absolute Gasteiger partial charge is 0.0488 e. The van der Waals surface area contributed by atoms with Crippen LogP contribution in [0.2, 0.25) is 0 Å². The van der Waals surface area contributed by atoms with E-state index in [-0.39, 0.29) is 0 Å². The van der Waals surface area contributed by atoms with E-state index in [4.69, 9.17) is 5.73 Å². The van der Waals surface area contributed by atoms with E-state index in [2.05, 4.69) is 51.4 Å². The lowest BCUT2D eigenvalue weighted by Crippen LogP contribution is -2.07. The number of aromatic nitrogens is 1. The van der Waals surface area contributed by atoms with Gasteiger partial charge in [0.1, 0.15) is 0 Å². The molecule has 0 aliphatic rings. The Morgan fingerprint density at radius 2 is 1.89 bits per heavy atom. The molecule has 1 aromatic heterocycles. The van der Waals surface area contributed by atoms with Gasteiger partial charge in [-0.25, -0.2) is 0 Å². The molecule has 2 N–H and O–H groups in total. The van der Waals surface area contributed by atoms with Crippen LogP contribution in [0.1, 0.15) is 42.1 Å². The molecule has 0 spiro atoms. The van der Waals surface area contributed by atoms with Crippen molar-refractivity contribution in [3.05, 3.63) is 34.5 Å². The van der Waals surface area contributed by atoms with E-state index < -0.39 is 0 Å². The molecule has 2 rings (SSSR count). The van der Waals surface area contributed by atoms with E-state index in [0.717, 1.165) is 6.42 Å². The molecule has 0 saturated carbocycles. The quantitative estimate of drug-likeness (QED) is 0.881. The van der Waals surface area contributed by atoms with Gasteiger partial charge in [-0.3, -0.25) is 0 Å². The first-order valence-electron chi connectivity index (χ1n) is 6.75. The van der Waals surface area contributed by atoms with Crippen LogP contribution in [0.15, 0.2) is 12.1 Å². The minimum absolute atomic E-state index is 0.531. The second-order valence-electron chi connectivity index (χ2n) is 5.59. The van der Waals surface area contributed by atoms with Gasteiger partial charge in [-0.05, 0) is 55.5 Å². The summed E-state index contributed by atoms with van der Waals surface area (Å²) in [4.78, 5) is 0. The van der Waals surface area contributed by atoms with Crippen molar-refractivity contribution in [1.82, 2.24) is 4.57 Å². The Labute approximate surface area is 110 Å². The van der Waals surface area contributed by atoms with Crippen molar-refractivity contribution in [2.45, 2.75) is 40.0 Å². The van der Waals surface area contributed by atoms with Gasteiger partial charge in [0.05, 0.1) is 0 Å². The predicted octanol–water partition coefficient (Wildman–Crippen LogP) is 3.42. The van der Waals surface area contributed by atoms with Crippen LogP contribution >= 0.6 is 0 Å². The summed E-state index contributed by atoms with van der Waals surface area (Å²) in [6.45, 7) is 9.61. The van der Waals surface area contributed by atoms with Gasteiger partial charge in [0.2, 0.25) is 0 Å². The monoisotopic (exact) mass is 244 g/mol. The molecule has 0 saturated heterocycles. The Kier molecular flexibility index (Phi) is 3.49. The van der Waals surface area contributed by atoms with Crippen molar-refractivity contribution in [2.75, 3.05) is 6.54 Å². The Hall–Kier alpha value is -1.28. The van der Waals surface area contributed by atoms with Crippen molar-refractivity contribution < 1.29 is 0 Å². The lowest BCUT2D eigenvalue weighted by atomic mass is 9.98. The second kappa shape index (κ2) is 4.77. The van der Waals surface area contributed by atoms with Gasteiger partial charge in [0.15, 0.2) is 0 Å². The topological polar surface area (TPSA) is 30.9 Å². The Balaban J connectivity index is 2.87. The van der Waals surface area contributed by atoms with Gasteiger partial charge in [-0.1, -0.05) is 19.9 Å². The second-order valence-corrected chi connectivity index (χ2v) is 5.59. The third-order valence-electron chi connectivity index (χ3n) is 3.73. The van der Waals surface area contributed by atoms with E-state index in [9.17, 15) is 0 Å². The molecule has 2 heteroatoms. The molecule has 2 aromatic rings. The Morgan fingerprint density at radius 1 is 1.22 bits per heavy atom. The number of rotatable bonds is 3. The van der Waals surface area contributed by atoms with Gasteiger partial charge in [-0.15, -0.1) is 0 Å². The van der Waals surface area contributed by atoms with Crippen LogP contribution in [0.4, 0.5) is 0 Å². The molecule has 0 radical (unpaired) electrons. The molecule has 1 heterocycles. The van der Waals surface area contributed by atoms with Gasteiger partial charge >= 0.3 is 0 Å². The lowest BCUT2D eigenvalue weighted by molar-refractivity contribution is 0.737. The number of benzene rings is 1. The maximum atomic E-state index is 5.80. The summed E-state index contributed by atoms with van der Waals surface area (Å²) < 4.78 is 2.35. The third-order valence-corrected chi connectivity index (χ3v) is 3.73. The number of aryl methyl sites for hydroxylation is 3. The molecule has 0 fully saturated rings. The number of nitrogens with two attached hydrogens (primary N) is 1. The van der Waals surface area contributed by atoms with E-state index in [0.29, 0.717) is 12.5 Å². The fourth-order valence-electron chi connectivity index (χ4n) is 3.20. The first-order valence-corrected chi connectivity index (χ1v) is 6.75. The highest BCUT2D eigenvalue weighted by atomic mass is 15.0. The van der Waals surface area contributed by atoms with Crippen LogP contribution in [0.5, 0.6) is 0 Å². The summed E-state index contributed by atoms with van der Waals surface area (Å²) in [7, 11) is 2.18. The maximum absolute atomic E-state index is 5.80. The van der Waals surface area contributed by atoms with E-state index in [1.807, 2.05) is 0 Å². The van der Waals surface area contributed by atoms with E-state index >= 15 is 0 Å². The van der Waals surface area contributed by atoms with Crippen LogP contribution in [0, 0.1) is 13.8 Å². The first-order chi connectivity index (χ1) is 8.47. The Morgan fingerprint density at radius 3 is 2.44 bits per heavy atom. The number of fused-ring (bicyclic) bond motifs is 1. The number of nitrogens with zero attached hydrogens (tertiary/aromatic N) is 1. The predicted molar refractivity (Wildman–Crippen MR) is 79.2 cm³/mol. The molecule has 0 bridgehead atoms. The Bertz CT molecular complexity index is 577. The first kappa shape index (κ1) is 13.2. The zero-order valence-corrected chi connectivity index (χ0v) is 12.2. The molecular formula is C16H24N2. The summed E-state index contributed by atoms with van der Waals surface area (Å²) in [5.74, 6) is 0.531. The molecule has 0 amide bonds. The molecular weight excluding hydrogens is 220 g/mol. The third kappa shape index (κ3) is 1.95. The maximum Gasteiger partial charge on any atom is 0.0488 e. The molecule has 98 valence electrons. The normalized spacial score (nSPS) is 11.7. The summed E-state index contributed by atoms with van der Waals surface area (Å²) in [6, 6.07) is 4.56. The highest BCUT2D eigenvalue weighted by Gasteiger charge is 2.18. The zero-order chi connectivity index (χ0) is 13.4. The standard InChI is InChI=1S/C16H24N2/c1-10(2)16-13(6-7-17)15-12(4)8-11(3)9-14(15)18(16)5/h8-10H,6-7,17H2,1-5H3. The van der Waals surface area contributed by atoms with Crippen LogP contribution in [-0.4, -0.2) is 11.1 Å². The zero-order valence-electron chi connectivity index (χ0n) is 12.2. The fourth-order valence-corrected chi connectivity index (χ4v) is 3.20. The van der Waals surface area contributed by atoms with Crippen LogP contribution < -0.4 is 5.73 Å². The van der Waals surface area contributed by atoms with E-state index in [1.54, 1.807) is 0 Å². The molecule has 0 aliphatic carbocycles. The van der Waals surface area contributed by atoms with Crippen LogP contribution in [0.3, 0.4) is 0 Å². The lowest BCUT2D eigenvalue weighted by Gasteiger charge is -2.11. The molecule has 0 aliphatic heterocycles. The van der Waals surface area contributed by atoms with Crippen molar-refractivity contribution >= 4 is 10.9 Å². The summed E-state index contributed by atoms with van der Waals surface area (Å²) in [6.07, 6.45) is 0.967. The summed E-state index contributed by atoms with van der Waals surface area (Å²) in [5.41, 5.74) is 12.7. The van der Waals surface area contributed by atoms with Crippen molar-refractivity contribution in [1.29, 1.82) is 0 Å². The SMILES string of the molecule is Cc1cc(C)c2c(CCN)c(C(C)C)n(C)c2c1. The minimum Gasteiger partial charge on any atom is -0.347 e. The van der Waals surface area contributed by atoms with Crippen molar-refractivity contribution in [3.8, 4) is 0 Å². The van der Waals surface area contributed by atoms with Gasteiger partial charge in [-0.2, -0.15) is 0 Å². The van der Waals surface area contributed by atoms with Crippen LogP contribution in [0.25, 0.3) is 10.9 Å². The highest BCUT2D eigenvalue weighted by molar-refractivity contribution is 5.89. The number of hydrogen-bond acceptors (Lipinski definition) is 1.